The highest BCUT2D eigenvalue weighted by atomic mass is 32.2. The first-order valence-electron chi connectivity index (χ1n) is 8.97. The van der Waals surface area contributed by atoms with Crippen LogP contribution in [-0.4, -0.2) is 62.2 Å². The number of carbonyl (C=O) groups is 2. The lowest BCUT2D eigenvalue weighted by molar-refractivity contribution is -0.128. The predicted octanol–water partition coefficient (Wildman–Crippen LogP) is 1.36. The van der Waals surface area contributed by atoms with Crippen LogP contribution in [0.1, 0.15) is 31.7 Å². The van der Waals surface area contributed by atoms with Crippen molar-refractivity contribution in [3.63, 3.8) is 0 Å². The van der Waals surface area contributed by atoms with E-state index in [4.69, 9.17) is 0 Å². The Morgan fingerprint density at radius 2 is 1.81 bits per heavy atom. The van der Waals surface area contributed by atoms with Gasteiger partial charge in [0.1, 0.15) is 0 Å². The normalized spacial score (nSPS) is 19.7. The van der Waals surface area contributed by atoms with Crippen LogP contribution in [0.3, 0.4) is 0 Å². The zero-order valence-corrected chi connectivity index (χ0v) is 16.1. The molecule has 0 saturated carbocycles. The minimum absolute atomic E-state index is 0.0277. The highest BCUT2D eigenvalue weighted by Gasteiger charge is 2.29. The maximum absolute atomic E-state index is 13.1. The molecular formula is C18H25N3O4S. The van der Waals surface area contributed by atoms with Crippen LogP contribution >= 0.6 is 0 Å². The van der Waals surface area contributed by atoms with Gasteiger partial charge in [0.2, 0.25) is 21.8 Å². The van der Waals surface area contributed by atoms with Gasteiger partial charge in [0.15, 0.2) is 0 Å². The number of rotatable bonds is 3. The topological polar surface area (TPSA) is 78.0 Å². The molecule has 8 heteroatoms. The van der Waals surface area contributed by atoms with E-state index < -0.39 is 10.0 Å². The fraction of sp³-hybridized carbons (Fsp3) is 0.556. The molecule has 1 aromatic carbocycles. The first-order chi connectivity index (χ1) is 12.3. The number of hydrogen-bond donors (Lipinski definition) is 0. The average Bonchev–Trinajstić information content (AvgIpc) is 2.85. The minimum Gasteiger partial charge on any atom is -0.342 e. The molecule has 0 aliphatic carbocycles. The summed E-state index contributed by atoms with van der Waals surface area (Å²) < 4.78 is 27.6. The maximum atomic E-state index is 13.1. The van der Waals surface area contributed by atoms with Crippen molar-refractivity contribution in [1.29, 1.82) is 0 Å². The van der Waals surface area contributed by atoms with Crippen molar-refractivity contribution < 1.29 is 18.0 Å². The van der Waals surface area contributed by atoms with Crippen LogP contribution in [0.2, 0.25) is 0 Å². The van der Waals surface area contributed by atoms with E-state index in [-0.39, 0.29) is 16.7 Å². The maximum Gasteiger partial charge on any atom is 0.243 e. The summed E-state index contributed by atoms with van der Waals surface area (Å²) >= 11 is 0. The van der Waals surface area contributed by atoms with Gasteiger partial charge in [-0.3, -0.25) is 9.59 Å². The summed E-state index contributed by atoms with van der Waals surface area (Å²) in [5, 5.41) is 0. The lowest BCUT2D eigenvalue weighted by Gasteiger charge is -2.23. The third kappa shape index (κ3) is 3.61. The molecule has 0 N–H and O–H groups in total. The summed E-state index contributed by atoms with van der Waals surface area (Å²) in [4.78, 5) is 27.1. The van der Waals surface area contributed by atoms with Crippen LogP contribution in [0, 0.1) is 6.92 Å². The molecule has 0 radical (unpaired) electrons. The molecule has 2 fully saturated rings. The summed E-state index contributed by atoms with van der Waals surface area (Å²) in [6, 6.07) is 5.08. The van der Waals surface area contributed by atoms with E-state index in [0.717, 1.165) is 12.1 Å². The van der Waals surface area contributed by atoms with Gasteiger partial charge in [-0.1, -0.05) is 0 Å². The molecule has 0 atom stereocenters. The molecule has 1 aromatic rings. The second-order valence-electron chi connectivity index (χ2n) is 6.86. The monoisotopic (exact) mass is 379 g/mol. The molecule has 7 nitrogen and oxygen atoms in total. The van der Waals surface area contributed by atoms with E-state index in [9.17, 15) is 18.0 Å². The van der Waals surface area contributed by atoms with Gasteiger partial charge in [-0.05, 0) is 43.5 Å². The van der Waals surface area contributed by atoms with Crippen LogP contribution in [-0.2, 0) is 19.6 Å². The largest absolute Gasteiger partial charge is 0.342 e. The summed E-state index contributed by atoms with van der Waals surface area (Å²) in [6.45, 7) is 5.64. The van der Waals surface area contributed by atoms with Gasteiger partial charge in [-0.25, -0.2) is 8.42 Å². The summed E-state index contributed by atoms with van der Waals surface area (Å²) in [6.07, 6.45) is 2.00. The van der Waals surface area contributed by atoms with Crippen molar-refractivity contribution in [2.75, 3.05) is 37.6 Å². The molecule has 0 spiro atoms. The van der Waals surface area contributed by atoms with E-state index in [1.165, 1.54) is 11.2 Å². The van der Waals surface area contributed by atoms with Gasteiger partial charge in [-0.2, -0.15) is 4.31 Å². The lowest BCUT2D eigenvalue weighted by atomic mass is 10.2. The Kier molecular flexibility index (Phi) is 5.34. The van der Waals surface area contributed by atoms with Crippen LogP contribution in [0.15, 0.2) is 23.1 Å². The van der Waals surface area contributed by atoms with Gasteiger partial charge in [0, 0.05) is 51.8 Å². The van der Waals surface area contributed by atoms with Gasteiger partial charge in [0.05, 0.1) is 4.90 Å². The summed E-state index contributed by atoms with van der Waals surface area (Å²) in [7, 11) is -3.63. The van der Waals surface area contributed by atoms with Crippen molar-refractivity contribution in [1.82, 2.24) is 9.21 Å². The van der Waals surface area contributed by atoms with E-state index >= 15 is 0 Å². The fourth-order valence-electron chi connectivity index (χ4n) is 3.60. The van der Waals surface area contributed by atoms with Crippen molar-refractivity contribution in [2.45, 2.75) is 38.0 Å². The first-order valence-corrected chi connectivity index (χ1v) is 10.4. The SMILES string of the molecule is CC(=O)N1CCCN(S(=O)(=O)c2ccc(N3CCCC3=O)cc2C)CC1. The standard InChI is InChI=1S/C18H25N3O4S/c1-14-13-16(21-10-3-5-18(21)23)6-7-17(14)26(24,25)20-9-4-8-19(11-12-20)15(2)22/h6-7,13H,3-5,8-12H2,1-2H3. The molecule has 2 saturated heterocycles. The number of nitrogens with zero attached hydrogens (tertiary/aromatic N) is 3. The van der Waals surface area contributed by atoms with E-state index in [1.54, 1.807) is 34.9 Å². The van der Waals surface area contributed by atoms with Gasteiger partial charge < -0.3 is 9.80 Å². The number of anilines is 1. The number of benzene rings is 1. The fourth-order valence-corrected chi connectivity index (χ4v) is 5.28. The summed E-state index contributed by atoms with van der Waals surface area (Å²) in [5.41, 5.74) is 1.39. The zero-order valence-electron chi connectivity index (χ0n) is 15.3. The third-order valence-electron chi connectivity index (χ3n) is 5.06. The lowest BCUT2D eigenvalue weighted by Crippen LogP contribution is -2.36. The molecule has 142 valence electrons. The van der Waals surface area contributed by atoms with Crippen LogP contribution < -0.4 is 4.90 Å². The smallest absolute Gasteiger partial charge is 0.243 e. The molecule has 26 heavy (non-hydrogen) atoms. The van der Waals surface area contributed by atoms with E-state index in [2.05, 4.69) is 0 Å². The Morgan fingerprint density at radius 1 is 1.04 bits per heavy atom. The van der Waals surface area contributed by atoms with Gasteiger partial charge in [0.25, 0.3) is 0 Å². The summed E-state index contributed by atoms with van der Waals surface area (Å²) in [5.74, 6) is 0.0527. The van der Waals surface area contributed by atoms with Crippen molar-refractivity contribution in [3.05, 3.63) is 23.8 Å². The Hall–Kier alpha value is -1.93. The van der Waals surface area contributed by atoms with Crippen LogP contribution in [0.4, 0.5) is 5.69 Å². The quantitative estimate of drug-likeness (QED) is 0.795. The molecule has 2 heterocycles. The van der Waals surface area contributed by atoms with E-state index in [1.807, 2.05) is 0 Å². The zero-order chi connectivity index (χ0) is 18.9. The average molecular weight is 379 g/mol. The van der Waals surface area contributed by atoms with Gasteiger partial charge in [-0.15, -0.1) is 0 Å². The molecule has 2 amide bonds. The molecule has 0 unspecified atom stereocenters. The van der Waals surface area contributed by atoms with Crippen LogP contribution in [0.5, 0.6) is 0 Å². The Labute approximate surface area is 154 Å². The molecular weight excluding hydrogens is 354 g/mol. The first kappa shape index (κ1) is 18.8. The van der Waals surface area contributed by atoms with E-state index in [0.29, 0.717) is 51.1 Å². The minimum atomic E-state index is -3.63. The number of sulfonamides is 1. The highest BCUT2D eigenvalue weighted by molar-refractivity contribution is 7.89. The van der Waals surface area contributed by atoms with Gasteiger partial charge >= 0.3 is 0 Å². The van der Waals surface area contributed by atoms with Crippen LogP contribution in [0.25, 0.3) is 0 Å². The second kappa shape index (κ2) is 7.36. The second-order valence-corrected chi connectivity index (χ2v) is 8.77. The number of aryl methyl sites for hydroxylation is 1. The third-order valence-corrected chi connectivity index (χ3v) is 7.12. The Balaban J connectivity index is 1.83. The predicted molar refractivity (Wildman–Crippen MR) is 98.4 cm³/mol. The molecule has 2 aliphatic heterocycles. The Bertz CT molecular complexity index is 822. The molecule has 0 aromatic heterocycles. The number of amides is 2. The van der Waals surface area contributed by atoms with Crippen molar-refractivity contribution >= 4 is 27.5 Å². The van der Waals surface area contributed by atoms with Crippen molar-refractivity contribution in [3.8, 4) is 0 Å². The molecule has 2 aliphatic rings. The highest BCUT2D eigenvalue weighted by Crippen LogP contribution is 2.28. The number of carbonyl (C=O) groups excluding carboxylic acids is 2. The molecule has 0 bridgehead atoms. The molecule has 3 rings (SSSR count). The Morgan fingerprint density at radius 3 is 2.42 bits per heavy atom. The number of hydrogen-bond acceptors (Lipinski definition) is 4. The van der Waals surface area contributed by atoms with Crippen molar-refractivity contribution in [2.24, 2.45) is 0 Å².